The van der Waals surface area contributed by atoms with Crippen molar-refractivity contribution in [1.82, 2.24) is 4.90 Å². The number of nitrogens with one attached hydrogen (secondary N) is 1. The third-order valence-corrected chi connectivity index (χ3v) is 5.67. The highest BCUT2D eigenvalue weighted by Crippen LogP contribution is 2.40. The molecule has 2 amide bonds. The minimum atomic E-state index is -4.68. The molecule has 4 rings (SSSR count). The van der Waals surface area contributed by atoms with Crippen molar-refractivity contribution in [2.45, 2.75) is 50.0 Å². The van der Waals surface area contributed by atoms with Crippen LogP contribution < -0.4 is 16.0 Å². The molecule has 7 nitrogen and oxygen atoms in total. The van der Waals surface area contributed by atoms with Crippen molar-refractivity contribution in [3.63, 3.8) is 0 Å². The second kappa shape index (κ2) is 8.16. The Morgan fingerprint density at radius 3 is 2.47 bits per heavy atom. The van der Waals surface area contributed by atoms with Crippen molar-refractivity contribution >= 4 is 23.2 Å². The number of halogens is 3. The molecule has 0 spiro atoms. The lowest BCUT2D eigenvalue weighted by atomic mass is 10.1. The van der Waals surface area contributed by atoms with E-state index in [-0.39, 0.29) is 37.7 Å². The number of hydrogen-bond donors (Lipinski definition) is 2. The average Bonchev–Trinajstić information content (AvgIpc) is 3.60. The number of rotatable bonds is 7. The lowest BCUT2D eigenvalue weighted by Gasteiger charge is -2.31. The van der Waals surface area contributed by atoms with Crippen molar-refractivity contribution in [2.75, 3.05) is 36.5 Å². The van der Waals surface area contributed by atoms with Gasteiger partial charge in [-0.15, -0.1) is 0 Å². The Kier molecular flexibility index (Phi) is 5.73. The molecule has 1 aliphatic heterocycles. The molecule has 1 saturated heterocycles. The molecule has 1 atom stereocenters. The summed E-state index contributed by atoms with van der Waals surface area (Å²) in [5.74, 6) is -0.934. The van der Waals surface area contributed by atoms with Gasteiger partial charge in [-0.05, 0) is 43.9 Å². The average molecular weight is 426 g/mol. The van der Waals surface area contributed by atoms with Crippen LogP contribution in [0.3, 0.4) is 0 Å². The van der Waals surface area contributed by atoms with Crippen LogP contribution in [0.25, 0.3) is 0 Å². The van der Waals surface area contributed by atoms with E-state index in [4.69, 9.17) is 10.5 Å². The molecule has 164 valence electrons. The number of carbonyl (C=O) groups is 2. The van der Waals surface area contributed by atoms with Gasteiger partial charge in [-0.25, -0.2) is 0 Å². The molecule has 0 radical (unpaired) electrons. The first kappa shape index (κ1) is 21.1. The fourth-order valence-corrected chi connectivity index (χ4v) is 3.99. The van der Waals surface area contributed by atoms with Gasteiger partial charge >= 0.3 is 6.18 Å². The Labute approximate surface area is 172 Å². The number of amides is 2. The van der Waals surface area contributed by atoms with Gasteiger partial charge in [0.05, 0.1) is 17.9 Å². The monoisotopic (exact) mass is 426 g/mol. The zero-order chi connectivity index (χ0) is 21.5. The maximum Gasteiger partial charge on any atom is 0.418 e. The van der Waals surface area contributed by atoms with E-state index in [9.17, 15) is 22.8 Å². The SMILES string of the molecule is NC[C@@H](C(=O)Nc1ccc(N2CCOCC2=O)c(C(F)(F)F)c1)N(C1CC1)C1CC1. The fourth-order valence-electron chi connectivity index (χ4n) is 3.99. The molecule has 3 N–H and O–H groups in total. The highest BCUT2D eigenvalue weighted by Gasteiger charge is 2.45. The number of carbonyl (C=O) groups excluding carboxylic acids is 2. The molecule has 10 heteroatoms. The second-order valence-corrected chi connectivity index (χ2v) is 7.98. The summed E-state index contributed by atoms with van der Waals surface area (Å²) in [7, 11) is 0. The van der Waals surface area contributed by atoms with Gasteiger partial charge < -0.3 is 20.7 Å². The largest absolute Gasteiger partial charge is 0.418 e. The van der Waals surface area contributed by atoms with Crippen LogP contribution in [-0.4, -0.2) is 61.1 Å². The molecule has 3 aliphatic rings. The van der Waals surface area contributed by atoms with E-state index in [2.05, 4.69) is 10.2 Å². The zero-order valence-corrected chi connectivity index (χ0v) is 16.5. The molecular weight excluding hydrogens is 401 g/mol. The van der Waals surface area contributed by atoms with Gasteiger partial charge in [-0.3, -0.25) is 14.5 Å². The Hall–Kier alpha value is -2.17. The predicted octanol–water partition coefficient (Wildman–Crippen LogP) is 1.96. The predicted molar refractivity (Wildman–Crippen MR) is 104 cm³/mol. The van der Waals surface area contributed by atoms with E-state index in [1.165, 1.54) is 12.1 Å². The van der Waals surface area contributed by atoms with Gasteiger partial charge in [-0.2, -0.15) is 13.2 Å². The number of nitrogens with two attached hydrogens (primary N) is 1. The van der Waals surface area contributed by atoms with Gasteiger partial charge in [0, 0.05) is 30.9 Å². The van der Waals surface area contributed by atoms with Crippen molar-refractivity contribution in [3.05, 3.63) is 23.8 Å². The number of anilines is 2. The van der Waals surface area contributed by atoms with Gasteiger partial charge in [0.1, 0.15) is 12.6 Å². The summed E-state index contributed by atoms with van der Waals surface area (Å²) >= 11 is 0. The minimum absolute atomic E-state index is 0.0294. The smallest absolute Gasteiger partial charge is 0.370 e. The van der Waals surface area contributed by atoms with Crippen LogP contribution in [0.5, 0.6) is 0 Å². The molecule has 1 heterocycles. The molecule has 3 fully saturated rings. The topological polar surface area (TPSA) is 87.9 Å². The van der Waals surface area contributed by atoms with Crippen molar-refractivity contribution in [1.29, 1.82) is 0 Å². The van der Waals surface area contributed by atoms with Crippen LogP contribution in [0, 0.1) is 0 Å². The normalized spacial score (nSPS) is 21.1. The number of benzene rings is 1. The molecule has 0 aromatic heterocycles. The second-order valence-electron chi connectivity index (χ2n) is 7.98. The van der Waals surface area contributed by atoms with Crippen LogP contribution in [0.15, 0.2) is 18.2 Å². The summed E-state index contributed by atoms with van der Waals surface area (Å²) in [4.78, 5) is 28.1. The Bertz CT molecular complexity index is 812. The molecule has 2 aliphatic carbocycles. The summed E-state index contributed by atoms with van der Waals surface area (Å²) in [6.45, 7) is 0.0515. The number of morpholine rings is 1. The molecule has 1 aromatic carbocycles. The van der Waals surface area contributed by atoms with Crippen molar-refractivity contribution in [3.8, 4) is 0 Å². The summed E-state index contributed by atoms with van der Waals surface area (Å²) in [6, 6.07) is 3.58. The number of nitrogens with zero attached hydrogens (tertiary/aromatic N) is 2. The zero-order valence-electron chi connectivity index (χ0n) is 16.5. The quantitative estimate of drug-likeness (QED) is 0.696. The third kappa shape index (κ3) is 4.45. The van der Waals surface area contributed by atoms with E-state index in [1.807, 2.05) is 0 Å². The lowest BCUT2D eigenvalue weighted by molar-refractivity contribution is -0.137. The first-order valence-electron chi connectivity index (χ1n) is 10.2. The lowest BCUT2D eigenvalue weighted by Crippen LogP contribution is -2.50. The van der Waals surface area contributed by atoms with Gasteiger partial charge in [0.2, 0.25) is 5.91 Å². The van der Waals surface area contributed by atoms with E-state index in [1.54, 1.807) is 0 Å². The van der Waals surface area contributed by atoms with Crippen LogP contribution in [0.1, 0.15) is 31.2 Å². The van der Waals surface area contributed by atoms with Crippen molar-refractivity contribution < 1.29 is 27.5 Å². The van der Waals surface area contributed by atoms with Crippen LogP contribution in [-0.2, 0) is 20.5 Å². The maximum atomic E-state index is 13.7. The third-order valence-electron chi connectivity index (χ3n) is 5.67. The first-order chi connectivity index (χ1) is 14.3. The minimum Gasteiger partial charge on any atom is -0.370 e. The van der Waals surface area contributed by atoms with E-state index in [0.29, 0.717) is 12.1 Å². The van der Waals surface area contributed by atoms with E-state index < -0.39 is 29.6 Å². The standard InChI is InChI=1S/C20H25F3N4O3/c21-20(22,23)15-9-12(1-6-16(15)26-7-8-30-11-18(26)28)25-19(29)17(10-24)27(13-2-3-13)14-4-5-14/h1,6,9,13-14,17H,2-5,7-8,10-11,24H2,(H,25,29)/t17-/m0/s1. The van der Waals surface area contributed by atoms with E-state index >= 15 is 0 Å². The molecule has 1 aromatic rings. The van der Waals surface area contributed by atoms with Gasteiger partial charge in [0.15, 0.2) is 0 Å². The summed E-state index contributed by atoms with van der Waals surface area (Å²) in [5, 5.41) is 2.60. The Balaban J connectivity index is 1.56. The maximum absolute atomic E-state index is 13.7. The number of alkyl halides is 3. The molecule has 0 bridgehead atoms. The van der Waals surface area contributed by atoms with Crippen LogP contribution in [0.2, 0.25) is 0 Å². The fraction of sp³-hybridized carbons (Fsp3) is 0.600. The van der Waals surface area contributed by atoms with Crippen LogP contribution in [0.4, 0.5) is 24.5 Å². The highest BCUT2D eigenvalue weighted by atomic mass is 19.4. The number of hydrogen-bond acceptors (Lipinski definition) is 5. The molecule has 30 heavy (non-hydrogen) atoms. The number of ether oxygens (including phenoxy) is 1. The van der Waals surface area contributed by atoms with Gasteiger partial charge in [-0.1, -0.05) is 0 Å². The first-order valence-corrected chi connectivity index (χ1v) is 10.2. The summed E-state index contributed by atoms with van der Waals surface area (Å²) in [6.07, 6.45) is -0.626. The van der Waals surface area contributed by atoms with Gasteiger partial charge in [0.25, 0.3) is 5.91 Å². The Morgan fingerprint density at radius 1 is 1.27 bits per heavy atom. The summed E-state index contributed by atoms with van der Waals surface area (Å²) in [5.41, 5.74) is 4.68. The molecule has 2 saturated carbocycles. The Morgan fingerprint density at radius 2 is 1.93 bits per heavy atom. The highest BCUT2D eigenvalue weighted by molar-refractivity contribution is 5.98. The summed E-state index contributed by atoms with van der Waals surface area (Å²) < 4.78 is 46.2. The van der Waals surface area contributed by atoms with E-state index in [0.717, 1.165) is 36.6 Å². The van der Waals surface area contributed by atoms with Crippen LogP contribution >= 0.6 is 0 Å². The molecular formula is C20H25F3N4O3. The van der Waals surface area contributed by atoms with Crippen molar-refractivity contribution in [2.24, 2.45) is 5.73 Å². The molecule has 0 unspecified atom stereocenters.